The summed E-state index contributed by atoms with van der Waals surface area (Å²) in [6, 6.07) is 0. The zero-order valence-corrected chi connectivity index (χ0v) is 4.63. The molecule has 0 saturated heterocycles. The molecule has 0 bridgehead atoms. The molecule has 0 aliphatic heterocycles. The van der Waals surface area contributed by atoms with Gasteiger partial charge in [-0.3, -0.25) is 0 Å². The van der Waals surface area contributed by atoms with Gasteiger partial charge >= 0.3 is 90.9 Å². The molecule has 0 spiro atoms. The molecule has 0 amide bonds. The summed E-state index contributed by atoms with van der Waals surface area (Å²) >= 11 is -4.12. The summed E-state index contributed by atoms with van der Waals surface area (Å²) in [6.07, 6.45) is 0. The van der Waals surface area contributed by atoms with Crippen molar-refractivity contribution in [2.45, 2.75) is 5.71 Å². The molecule has 36 valence electrons. The van der Waals surface area contributed by atoms with Crippen molar-refractivity contribution in [3.8, 4) is 0 Å². The molecule has 0 radical (unpaired) electrons. The summed E-state index contributed by atoms with van der Waals surface area (Å²) in [5, 5.41) is 0. The molecule has 0 saturated carbocycles. The zero-order chi connectivity index (χ0) is 4.50. The van der Waals surface area contributed by atoms with E-state index in [1.165, 1.54) is 0 Å². The van der Waals surface area contributed by atoms with Gasteiger partial charge in [-0.25, -0.2) is 0 Å². The molecule has 7 heavy (non-hydrogen) atoms. The maximum atomic E-state index is 9.39. The summed E-state index contributed by atoms with van der Waals surface area (Å²) in [7, 11) is 0. The van der Waals surface area contributed by atoms with E-state index in [9.17, 15) is 3.74 Å². The van der Waals surface area contributed by atoms with Gasteiger partial charge < -0.3 is 0 Å². The van der Waals surface area contributed by atoms with Gasteiger partial charge in [0.05, 0.1) is 0 Å². The van der Waals surface area contributed by atoms with Crippen molar-refractivity contribution in [3.05, 3.63) is 0 Å². The molecule has 6 heteroatoms. The van der Waals surface area contributed by atoms with Gasteiger partial charge in [0.1, 0.15) is 0 Å². The summed E-state index contributed by atoms with van der Waals surface area (Å²) in [6.45, 7) is 0. The Hall–Kier alpha value is 2.28. The summed E-state index contributed by atoms with van der Waals surface area (Å²) in [5.74, 6) is 0. The molecular weight excluding hydrogens is 181 g/mol. The van der Waals surface area contributed by atoms with E-state index < -0.39 is 14.2 Å². The van der Waals surface area contributed by atoms with Crippen LogP contribution in [-0.4, -0.2) is 81.5 Å². The van der Waals surface area contributed by atoms with Crippen LogP contribution in [0.2, 0.25) is 5.71 Å². The summed E-state index contributed by atoms with van der Waals surface area (Å²) < 4.78 is 24.8. The van der Waals surface area contributed by atoms with E-state index in [1.54, 1.807) is 0 Å². The van der Waals surface area contributed by atoms with Gasteiger partial charge in [0, 0.05) is 0 Å². The predicted molar refractivity (Wildman–Crippen MR) is 31.0 cm³/mol. The monoisotopic (exact) mass is 188 g/mol. The second-order valence-corrected chi connectivity index (χ2v) is 4.34. The van der Waals surface area contributed by atoms with Crippen LogP contribution >= 0.6 is 0 Å². The fourth-order valence-electron chi connectivity index (χ4n) is 0. The van der Waals surface area contributed by atoms with Crippen LogP contribution in [0.25, 0.3) is 0 Å². The Morgan fingerprint density at radius 1 is 1.29 bits per heavy atom. The standard InChI is InChI=1S/CH5AsO3.2Na.2H/c1-2(3,4)5;;;;/h1H3,(H2,3,4,5);;;;. The van der Waals surface area contributed by atoms with Crippen LogP contribution in [0.1, 0.15) is 0 Å². The second-order valence-electron chi connectivity index (χ2n) is 0.835. The van der Waals surface area contributed by atoms with Gasteiger partial charge in [-0.2, -0.15) is 0 Å². The first-order valence-electron chi connectivity index (χ1n) is 1.03. The molecule has 0 heterocycles. The van der Waals surface area contributed by atoms with E-state index in [0.717, 1.165) is 5.71 Å². The van der Waals surface area contributed by atoms with Crippen LogP contribution in [0.3, 0.4) is 0 Å². The first kappa shape index (κ1) is 16.1. The summed E-state index contributed by atoms with van der Waals surface area (Å²) in [4.78, 5) is 0. The first-order valence-corrected chi connectivity index (χ1v) is 5.35. The summed E-state index contributed by atoms with van der Waals surface area (Å²) in [5.41, 5.74) is 0.915. The van der Waals surface area contributed by atoms with Gasteiger partial charge in [0.25, 0.3) is 0 Å². The Kier molecular flexibility index (Phi) is 14.7. The fourth-order valence-corrected chi connectivity index (χ4v) is 0. The predicted octanol–water partition coefficient (Wildman–Crippen LogP) is -2.33. The number of rotatable bonds is 0. The number of hydrogen-bond donors (Lipinski definition) is 2. The molecule has 3 nitrogen and oxygen atoms in total. The molecule has 0 aromatic carbocycles. The van der Waals surface area contributed by atoms with E-state index >= 15 is 0 Å². The van der Waals surface area contributed by atoms with Crippen LogP contribution < -0.4 is 0 Å². The Morgan fingerprint density at radius 3 is 1.29 bits per heavy atom. The molecule has 2 N–H and O–H groups in total. The molecular formula is CH7AsNa2O3. The minimum absolute atomic E-state index is 0. The average molecular weight is 188 g/mol. The van der Waals surface area contributed by atoms with Crippen molar-refractivity contribution in [1.29, 1.82) is 0 Å². The van der Waals surface area contributed by atoms with E-state index in [-0.39, 0.29) is 59.1 Å². The van der Waals surface area contributed by atoms with Crippen LogP contribution in [0, 0.1) is 0 Å². The van der Waals surface area contributed by atoms with Gasteiger partial charge in [0.15, 0.2) is 0 Å². The topological polar surface area (TPSA) is 57.5 Å². The fraction of sp³-hybridized carbons (Fsp3) is 1.00. The Labute approximate surface area is 89.5 Å². The quantitative estimate of drug-likeness (QED) is 0.419. The van der Waals surface area contributed by atoms with Gasteiger partial charge in [-0.15, -0.1) is 0 Å². The Bertz CT molecular complexity index is 59.1. The van der Waals surface area contributed by atoms with Crippen molar-refractivity contribution in [2.24, 2.45) is 0 Å². The second kappa shape index (κ2) is 6.40. The van der Waals surface area contributed by atoms with Crippen molar-refractivity contribution >= 4 is 73.3 Å². The van der Waals surface area contributed by atoms with E-state index in [4.69, 9.17) is 8.19 Å². The normalized spacial score (nSPS) is 8.43. The first-order chi connectivity index (χ1) is 2.00. The minimum atomic E-state index is -4.12. The SMILES string of the molecule is C[As](=O)(O)O.[NaH].[NaH]. The zero-order valence-electron chi connectivity index (χ0n) is 2.75. The van der Waals surface area contributed by atoms with Gasteiger partial charge in [-0.1, -0.05) is 0 Å². The molecule has 0 rings (SSSR count). The molecule has 0 fully saturated rings. The molecule has 0 aromatic heterocycles. The van der Waals surface area contributed by atoms with Gasteiger partial charge in [-0.05, 0) is 0 Å². The van der Waals surface area contributed by atoms with Crippen molar-refractivity contribution < 1.29 is 11.9 Å². The van der Waals surface area contributed by atoms with Crippen molar-refractivity contribution in [1.82, 2.24) is 0 Å². The molecule has 0 atom stereocenters. The van der Waals surface area contributed by atoms with Crippen LogP contribution in [0.4, 0.5) is 0 Å². The van der Waals surface area contributed by atoms with Crippen molar-refractivity contribution in [3.63, 3.8) is 0 Å². The van der Waals surface area contributed by atoms with Gasteiger partial charge in [0.2, 0.25) is 0 Å². The third-order valence-electron chi connectivity index (χ3n) is 0. The third kappa shape index (κ3) is 62.9. The molecule has 0 aromatic rings. The van der Waals surface area contributed by atoms with E-state index in [1.807, 2.05) is 0 Å². The molecule has 0 aliphatic rings. The van der Waals surface area contributed by atoms with E-state index in [0.29, 0.717) is 0 Å². The molecule has 0 aliphatic carbocycles. The average Bonchev–Trinajstić information content (AvgIpc) is 0.722. The third-order valence-corrected chi connectivity index (χ3v) is 0. The van der Waals surface area contributed by atoms with E-state index in [2.05, 4.69) is 0 Å². The number of hydrogen-bond acceptors (Lipinski definition) is 1. The Balaban J connectivity index is -0.0000000800. The maximum absolute atomic E-state index is 9.39. The van der Waals surface area contributed by atoms with Crippen molar-refractivity contribution in [2.75, 3.05) is 0 Å². The van der Waals surface area contributed by atoms with Crippen LogP contribution in [0.15, 0.2) is 0 Å². The Morgan fingerprint density at radius 2 is 1.29 bits per heavy atom. The van der Waals surface area contributed by atoms with Crippen LogP contribution in [0.5, 0.6) is 0 Å². The molecule has 0 unspecified atom stereocenters. The van der Waals surface area contributed by atoms with Crippen LogP contribution in [-0.2, 0) is 3.74 Å².